The molecule has 4 aromatic rings. The number of hydrogen-bond donors (Lipinski definition) is 0. The molecule has 0 atom stereocenters. The SMILES string of the molecule is COCc1nnc(C2CCN(c3nsc4ccccc34)CC2)n1-c1ccc(Cl)cc1. The quantitative estimate of drug-likeness (QED) is 0.435. The van der Waals surface area contributed by atoms with Crippen molar-refractivity contribution >= 4 is 39.0 Å². The van der Waals surface area contributed by atoms with Crippen molar-refractivity contribution in [2.45, 2.75) is 25.4 Å². The van der Waals surface area contributed by atoms with Crippen LogP contribution in [0.25, 0.3) is 15.8 Å². The highest BCUT2D eigenvalue weighted by Gasteiger charge is 2.28. The number of benzene rings is 2. The third-order valence-electron chi connectivity index (χ3n) is 5.63. The molecule has 0 radical (unpaired) electrons. The molecular formula is C22H22ClN5OS. The molecule has 0 spiro atoms. The maximum atomic E-state index is 6.09. The molecule has 1 fully saturated rings. The molecular weight excluding hydrogens is 418 g/mol. The molecule has 154 valence electrons. The van der Waals surface area contributed by atoms with E-state index in [2.05, 4.69) is 43.9 Å². The number of aromatic nitrogens is 4. The summed E-state index contributed by atoms with van der Waals surface area (Å²) in [4.78, 5) is 2.40. The molecule has 0 bridgehead atoms. The number of rotatable bonds is 5. The van der Waals surface area contributed by atoms with Gasteiger partial charge in [-0.15, -0.1) is 10.2 Å². The molecule has 0 amide bonds. The summed E-state index contributed by atoms with van der Waals surface area (Å²) in [5.41, 5.74) is 1.01. The van der Waals surface area contributed by atoms with Gasteiger partial charge in [0.2, 0.25) is 0 Å². The molecule has 0 unspecified atom stereocenters. The van der Waals surface area contributed by atoms with Crippen LogP contribution in [0.4, 0.5) is 5.82 Å². The molecule has 2 aromatic carbocycles. The number of halogens is 1. The van der Waals surface area contributed by atoms with Crippen LogP contribution in [0.1, 0.15) is 30.4 Å². The zero-order valence-corrected chi connectivity index (χ0v) is 18.2. The first-order valence-electron chi connectivity index (χ1n) is 10.0. The molecule has 0 N–H and O–H groups in total. The van der Waals surface area contributed by atoms with Gasteiger partial charge in [-0.05, 0) is 60.8 Å². The Morgan fingerprint density at radius 1 is 1.07 bits per heavy atom. The standard InChI is InChI=1S/C22H22ClN5OS/c1-29-14-20-24-25-21(28(20)17-8-6-16(23)7-9-17)15-10-12-27(13-11-15)22-18-4-2-3-5-19(18)30-26-22/h2-9,15H,10-14H2,1H3. The molecule has 3 heterocycles. The van der Waals surface area contributed by atoms with Crippen molar-refractivity contribution in [2.24, 2.45) is 0 Å². The van der Waals surface area contributed by atoms with Crippen molar-refractivity contribution in [1.29, 1.82) is 0 Å². The molecule has 30 heavy (non-hydrogen) atoms. The lowest BCUT2D eigenvalue weighted by Crippen LogP contribution is -2.34. The summed E-state index contributed by atoms with van der Waals surface area (Å²) in [6.45, 7) is 2.32. The fourth-order valence-electron chi connectivity index (χ4n) is 4.14. The third kappa shape index (κ3) is 3.57. The number of anilines is 1. The number of methoxy groups -OCH3 is 1. The van der Waals surface area contributed by atoms with Crippen LogP contribution in [0.2, 0.25) is 5.02 Å². The molecule has 0 aliphatic carbocycles. The van der Waals surface area contributed by atoms with Gasteiger partial charge in [0.1, 0.15) is 18.2 Å². The van der Waals surface area contributed by atoms with E-state index < -0.39 is 0 Å². The van der Waals surface area contributed by atoms with Crippen molar-refractivity contribution in [3.8, 4) is 5.69 Å². The zero-order chi connectivity index (χ0) is 20.5. The second kappa shape index (κ2) is 8.34. The van der Waals surface area contributed by atoms with Crippen LogP contribution in [-0.2, 0) is 11.3 Å². The van der Waals surface area contributed by atoms with Gasteiger partial charge in [-0.3, -0.25) is 4.57 Å². The van der Waals surface area contributed by atoms with E-state index in [0.717, 1.165) is 49.1 Å². The Balaban J connectivity index is 1.40. The van der Waals surface area contributed by atoms with E-state index in [0.29, 0.717) is 17.5 Å². The zero-order valence-electron chi connectivity index (χ0n) is 16.7. The minimum atomic E-state index is 0.333. The predicted octanol–water partition coefficient (Wildman–Crippen LogP) is 5.06. The van der Waals surface area contributed by atoms with Gasteiger partial charge in [0.25, 0.3) is 0 Å². The maximum absolute atomic E-state index is 6.09. The van der Waals surface area contributed by atoms with Crippen molar-refractivity contribution in [1.82, 2.24) is 19.1 Å². The van der Waals surface area contributed by atoms with Crippen LogP contribution < -0.4 is 4.90 Å². The van der Waals surface area contributed by atoms with Crippen molar-refractivity contribution in [2.75, 3.05) is 25.1 Å². The molecule has 5 rings (SSSR count). The Hall–Kier alpha value is -2.48. The van der Waals surface area contributed by atoms with Gasteiger partial charge in [0.15, 0.2) is 5.82 Å². The van der Waals surface area contributed by atoms with Gasteiger partial charge in [-0.1, -0.05) is 23.7 Å². The van der Waals surface area contributed by atoms with Crippen molar-refractivity contribution in [3.05, 3.63) is 65.2 Å². The number of hydrogen-bond acceptors (Lipinski definition) is 6. The first-order chi connectivity index (χ1) is 14.7. The van der Waals surface area contributed by atoms with Gasteiger partial charge in [-0.2, -0.15) is 4.37 Å². The summed E-state index contributed by atoms with van der Waals surface area (Å²) in [5, 5.41) is 10.9. The van der Waals surface area contributed by atoms with E-state index >= 15 is 0 Å². The lowest BCUT2D eigenvalue weighted by molar-refractivity contribution is 0.176. The van der Waals surface area contributed by atoms with Crippen molar-refractivity contribution in [3.63, 3.8) is 0 Å². The minimum absolute atomic E-state index is 0.333. The second-order valence-corrected chi connectivity index (χ2v) is 8.72. The maximum Gasteiger partial charge on any atom is 0.163 e. The summed E-state index contributed by atoms with van der Waals surface area (Å²) < 4.78 is 13.4. The van der Waals surface area contributed by atoms with Crippen LogP contribution in [0.5, 0.6) is 0 Å². The van der Waals surface area contributed by atoms with Crippen molar-refractivity contribution < 1.29 is 4.74 Å². The average Bonchev–Trinajstić information content (AvgIpc) is 3.39. The molecule has 1 aliphatic rings. The van der Waals surface area contributed by atoms with Crippen LogP contribution in [0.15, 0.2) is 48.5 Å². The largest absolute Gasteiger partial charge is 0.377 e. The van der Waals surface area contributed by atoms with E-state index in [1.54, 1.807) is 18.6 Å². The van der Waals surface area contributed by atoms with Crippen LogP contribution >= 0.6 is 23.1 Å². The molecule has 8 heteroatoms. The Morgan fingerprint density at radius 2 is 1.83 bits per heavy atom. The number of piperidine rings is 1. The second-order valence-electron chi connectivity index (χ2n) is 7.48. The van der Waals surface area contributed by atoms with Gasteiger partial charge >= 0.3 is 0 Å². The topological polar surface area (TPSA) is 56.1 Å². The number of nitrogens with zero attached hydrogens (tertiary/aromatic N) is 5. The van der Waals surface area contributed by atoms with Gasteiger partial charge in [-0.25, -0.2) is 0 Å². The van der Waals surface area contributed by atoms with Crippen LogP contribution in [-0.4, -0.2) is 39.3 Å². The predicted molar refractivity (Wildman–Crippen MR) is 121 cm³/mol. The van der Waals surface area contributed by atoms with E-state index in [9.17, 15) is 0 Å². The molecule has 1 saturated heterocycles. The first kappa shape index (κ1) is 19.5. The van der Waals surface area contributed by atoms with Gasteiger partial charge in [0, 0.05) is 42.2 Å². The summed E-state index contributed by atoms with van der Waals surface area (Å²) in [6, 6.07) is 16.2. The number of fused-ring (bicyclic) bond motifs is 1. The summed E-state index contributed by atoms with van der Waals surface area (Å²) in [6.07, 6.45) is 2.01. The smallest absolute Gasteiger partial charge is 0.163 e. The molecule has 2 aromatic heterocycles. The van der Waals surface area contributed by atoms with E-state index in [1.807, 2.05) is 24.3 Å². The highest BCUT2D eigenvalue weighted by atomic mass is 35.5. The van der Waals surface area contributed by atoms with E-state index in [-0.39, 0.29) is 0 Å². The Morgan fingerprint density at radius 3 is 2.60 bits per heavy atom. The fourth-order valence-corrected chi connectivity index (χ4v) is 5.06. The van der Waals surface area contributed by atoms with Gasteiger partial charge in [0.05, 0.1) is 4.70 Å². The van der Waals surface area contributed by atoms with E-state index in [4.69, 9.17) is 20.7 Å². The first-order valence-corrected chi connectivity index (χ1v) is 11.2. The van der Waals surface area contributed by atoms with Gasteiger partial charge < -0.3 is 9.64 Å². The Kier molecular flexibility index (Phi) is 5.41. The third-order valence-corrected chi connectivity index (χ3v) is 6.70. The fraction of sp³-hybridized carbons (Fsp3) is 0.318. The Bertz CT molecular complexity index is 1150. The normalized spacial score (nSPS) is 15.2. The lowest BCUT2D eigenvalue weighted by Gasteiger charge is -2.32. The highest BCUT2D eigenvalue weighted by Crippen LogP contribution is 2.35. The molecule has 1 aliphatic heterocycles. The van der Waals surface area contributed by atoms with Crippen LogP contribution in [0.3, 0.4) is 0 Å². The summed E-state index contributed by atoms with van der Waals surface area (Å²) >= 11 is 7.66. The average molecular weight is 440 g/mol. The highest BCUT2D eigenvalue weighted by molar-refractivity contribution is 7.13. The summed E-state index contributed by atoms with van der Waals surface area (Å²) in [7, 11) is 1.68. The number of ether oxygens (including phenoxy) is 1. The molecule has 6 nitrogen and oxygen atoms in total. The lowest BCUT2D eigenvalue weighted by atomic mass is 9.95. The Labute approximate surface area is 184 Å². The molecule has 0 saturated carbocycles. The summed E-state index contributed by atoms with van der Waals surface area (Å²) in [5.74, 6) is 3.24. The van der Waals surface area contributed by atoms with E-state index in [1.165, 1.54) is 10.1 Å². The monoisotopic (exact) mass is 439 g/mol. The minimum Gasteiger partial charge on any atom is -0.377 e. The van der Waals surface area contributed by atoms with Crippen LogP contribution in [0, 0.1) is 0 Å².